The second-order valence-electron chi connectivity index (χ2n) is 7.89. The third-order valence-corrected chi connectivity index (χ3v) is 5.33. The number of amides is 1. The molecule has 2 aromatic carbocycles. The van der Waals surface area contributed by atoms with Crippen molar-refractivity contribution in [3.8, 4) is 5.75 Å². The van der Waals surface area contributed by atoms with Crippen LogP contribution in [0, 0.1) is 27.7 Å². The molecule has 33 heavy (non-hydrogen) atoms. The lowest BCUT2D eigenvalue weighted by atomic mass is 10.1. The Labute approximate surface area is 194 Å². The Hall–Kier alpha value is -3.87. The fourth-order valence-corrected chi connectivity index (χ4v) is 3.37. The van der Waals surface area contributed by atoms with Gasteiger partial charge in [-0.15, -0.1) is 0 Å². The van der Waals surface area contributed by atoms with E-state index >= 15 is 0 Å². The average molecular weight is 448 g/mol. The number of aryl methyl sites for hydroxylation is 3. The van der Waals surface area contributed by atoms with Gasteiger partial charge >= 0.3 is 5.97 Å². The first-order valence-electron chi connectivity index (χ1n) is 10.7. The Morgan fingerprint density at radius 3 is 2.45 bits per heavy atom. The van der Waals surface area contributed by atoms with E-state index in [0.717, 1.165) is 22.5 Å². The van der Waals surface area contributed by atoms with Gasteiger partial charge in [0.05, 0.1) is 19.3 Å². The summed E-state index contributed by atoms with van der Waals surface area (Å²) in [4.78, 5) is 23.7. The Morgan fingerprint density at radius 2 is 1.79 bits per heavy atom. The van der Waals surface area contributed by atoms with Crippen LogP contribution < -0.4 is 10.1 Å². The molecule has 1 heterocycles. The van der Waals surface area contributed by atoms with Crippen LogP contribution >= 0.6 is 0 Å². The minimum absolute atomic E-state index is 0.166. The number of carbonyl (C=O) groups is 2. The highest BCUT2D eigenvalue weighted by atomic mass is 16.6. The topological polar surface area (TPSA) is 82.4 Å². The van der Waals surface area contributed by atoms with E-state index in [2.05, 4.69) is 46.3 Å². The molecule has 1 N–H and O–H groups in total. The zero-order chi connectivity index (χ0) is 24.0. The number of ether oxygens (including phenoxy) is 2. The van der Waals surface area contributed by atoms with E-state index in [4.69, 9.17) is 4.74 Å². The molecule has 0 aliphatic heterocycles. The van der Waals surface area contributed by atoms with Gasteiger partial charge in [0.2, 0.25) is 5.91 Å². The Morgan fingerprint density at radius 1 is 1.06 bits per heavy atom. The van der Waals surface area contributed by atoms with Crippen molar-refractivity contribution in [1.82, 2.24) is 9.78 Å². The maximum atomic E-state index is 12.5. The molecule has 1 amide bonds. The summed E-state index contributed by atoms with van der Waals surface area (Å²) >= 11 is 0. The number of hydrogen-bond acceptors (Lipinski definition) is 5. The average Bonchev–Trinajstić information content (AvgIpc) is 3.06. The predicted octanol–water partition coefficient (Wildman–Crippen LogP) is 4.37. The lowest BCUT2D eigenvalue weighted by Gasteiger charge is -2.10. The van der Waals surface area contributed by atoms with Crippen LogP contribution in [0.2, 0.25) is 0 Å². The predicted molar refractivity (Wildman–Crippen MR) is 128 cm³/mol. The van der Waals surface area contributed by atoms with Gasteiger partial charge in [-0.25, -0.2) is 4.79 Å². The summed E-state index contributed by atoms with van der Waals surface area (Å²) < 4.78 is 11.9. The highest BCUT2D eigenvalue weighted by molar-refractivity contribution is 6.02. The largest absolute Gasteiger partial charge is 0.482 e. The third kappa shape index (κ3) is 6.32. The second-order valence-corrected chi connectivity index (χ2v) is 7.89. The van der Waals surface area contributed by atoms with Crippen LogP contribution in [0.4, 0.5) is 5.69 Å². The molecule has 0 bridgehead atoms. The molecule has 3 rings (SSSR count). The van der Waals surface area contributed by atoms with Crippen molar-refractivity contribution in [2.24, 2.45) is 0 Å². The van der Waals surface area contributed by atoms with Crippen LogP contribution in [0.1, 0.15) is 33.6 Å². The molecule has 0 aliphatic carbocycles. The number of rotatable bonds is 8. The molecule has 1 aromatic heterocycles. The zero-order valence-corrected chi connectivity index (χ0v) is 19.6. The number of nitrogens with zero attached hydrogens (tertiary/aromatic N) is 2. The Bertz CT molecular complexity index is 1180. The van der Waals surface area contributed by atoms with E-state index in [1.807, 2.05) is 25.5 Å². The molecule has 0 fully saturated rings. The number of nitrogens with one attached hydrogen (secondary N) is 1. The number of esters is 1. The molecule has 0 spiro atoms. The molecule has 7 heteroatoms. The molecular formula is C26H29N3O4. The van der Waals surface area contributed by atoms with Crippen LogP contribution in [-0.4, -0.2) is 35.4 Å². The van der Waals surface area contributed by atoms with Crippen molar-refractivity contribution in [3.05, 3.63) is 82.2 Å². The minimum Gasteiger partial charge on any atom is -0.482 e. The summed E-state index contributed by atoms with van der Waals surface area (Å²) in [6.07, 6.45) is 3.30. The molecule has 0 radical (unpaired) electrons. The molecule has 0 atom stereocenters. The number of aromatic nitrogens is 2. The molecular weight excluding hydrogens is 418 g/mol. The number of hydrogen-bond donors (Lipinski definition) is 1. The maximum Gasteiger partial charge on any atom is 0.343 e. The van der Waals surface area contributed by atoms with Gasteiger partial charge < -0.3 is 14.8 Å². The number of methoxy groups -OCH3 is 1. The maximum absolute atomic E-state index is 12.5. The van der Waals surface area contributed by atoms with Crippen molar-refractivity contribution < 1.29 is 19.1 Å². The summed E-state index contributed by atoms with van der Waals surface area (Å²) in [5.74, 6) is -0.173. The van der Waals surface area contributed by atoms with Crippen molar-refractivity contribution in [3.63, 3.8) is 0 Å². The van der Waals surface area contributed by atoms with Gasteiger partial charge in [-0.1, -0.05) is 29.8 Å². The van der Waals surface area contributed by atoms with Gasteiger partial charge in [0, 0.05) is 23.0 Å². The van der Waals surface area contributed by atoms with Gasteiger partial charge in [0.1, 0.15) is 5.75 Å². The molecule has 0 unspecified atom stereocenters. The van der Waals surface area contributed by atoms with Gasteiger partial charge in [0.15, 0.2) is 6.61 Å². The summed E-state index contributed by atoms with van der Waals surface area (Å²) in [6.45, 7) is 8.37. The van der Waals surface area contributed by atoms with Crippen molar-refractivity contribution in [1.29, 1.82) is 0 Å². The summed E-state index contributed by atoms with van der Waals surface area (Å²) in [5.41, 5.74) is 6.68. The van der Waals surface area contributed by atoms with Crippen LogP contribution in [0.3, 0.4) is 0 Å². The fraction of sp³-hybridized carbons (Fsp3) is 0.269. The quantitative estimate of drug-likeness (QED) is 0.410. The van der Waals surface area contributed by atoms with E-state index in [-0.39, 0.29) is 12.5 Å². The van der Waals surface area contributed by atoms with Crippen molar-refractivity contribution >= 4 is 23.6 Å². The van der Waals surface area contributed by atoms with Crippen molar-refractivity contribution in [2.75, 3.05) is 19.0 Å². The van der Waals surface area contributed by atoms with E-state index in [1.54, 1.807) is 24.3 Å². The van der Waals surface area contributed by atoms with Gasteiger partial charge in [-0.05, 0) is 63.1 Å². The third-order valence-electron chi connectivity index (χ3n) is 5.33. The smallest absolute Gasteiger partial charge is 0.343 e. The molecule has 0 saturated heterocycles. The number of anilines is 1. The van der Waals surface area contributed by atoms with Gasteiger partial charge in [-0.2, -0.15) is 5.10 Å². The first kappa shape index (κ1) is 23.8. The molecule has 0 aliphatic rings. The first-order valence-corrected chi connectivity index (χ1v) is 10.7. The lowest BCUT2D eigenvalue weighted by molar-refractivity contribution is -0.142. The molecule has 172 valence electrons. The van der Waals surface area contributed by atoms with Crippen molar-refractivity contribution in [2.45, 2.75) is 34.2 Å². The van der Waals surface area contributed by atoms with E-state index in [1.165, 1.54) is 24.3 Å². The molecule has 0 saturated carbocycles. The second kappa shape index (κ2) is 10.6. The van der Waals surface area contributed by atoms with Gasteiger partial charge in [0.25, 0.3) is 0 Å². The van der Waals surface area contributed by atoms with E-state index in [9.17, 15) is 9.59 Å². The van der Waals surface area contributed by atoms with Crippen LogP contribution in [0.15, 0.2) is 48.5 Å². The Kier molecular flexibility index (Phi) is 7.66. The van der Waals surface area contributed by atoms with Crippen LogP contribution in [0.25, 0.3) is 6.08 Å². The first-order chi connectivity index (χ1) is 15.8. The number of carbonyl (C=O) groups excluding carboxylic acids is 2. The summed E-state index contributed by atoms with van der Waals surface area (Å²) in [5, 5.41) is 7.51. The summed E-state index contributed by atoms with van der Waals surface area (Å²) in [6, 6.07) is 13.6. The zero-order valence-electron chi connectivity index (χ0n) is 19.6. The van der Waals surface area contributed by atoms with E-state index < -0.39 is 5.97 Å². The SMILES string of the molecule is COC(=O)COc1ccc(NC(=O)/C=C/c2c(C)nn(Cc3ccc(C)cc3)c2C)c(C)c1. The lowest BCUT2D eigenvalue weighted by Crippen LogP contribution is -2.13. The Balaban J connectivity index is 1.65. The molecule has 7 nitrogen and oxygen atoms in total. The molecule has 3 aromatic rings. The van der Waals surface area contributed by atoms with Crippen LogP contribution in [-0.2, 0) is 20.9 Å². The number of benzene rings is 2. The van der Waals surface area contributed by atoms with Crippen LogP contribution in [0.5, 0.6) is 5.75 Å². The highest BCUT2D eigenvalue weighted by Gasteiger charge is 2.11. The minimum atomic E-state index is -0.456. The highest BCUT2D eigenvalue weighted by Crippen LogP contribution is 2.22. The summed E-state index contributed by atoms with van der Waals surface area (Å²) in [7, 11) is 1.31. The fourth-order valence-electron chi connectivity index (χ4n) is 3.37. The normalized spacial score (nSPS) is 10.9. The van der Waals surface area contributed by atoms with E-state index in [0.29, 0.717) is 18.0 Å². The standard InChI is InChI=1S/C26H29N3O4/c1-17-6-8-21(9-7-17)15-29-20(4)23(19(3)28-29)11-13-25(30)27-24-12-10-22(14-18(24)2)33-16-26(31)32-5/h6-14H,15-16H2,1-5H3,(H,27,30)/b13-11+. The van der Waals surface area contributed by atoms with Gasteiger partial charge in [-0.3, -0.25) is 9.48 Å². The monoisotopic (exact) mass is 447 g/mol.